The highest BCUT2D eigenvalue weighted by Crippen LogP contribution is 2.24. The topological polar surface area (TPSA) is 52.0 Å². The molecule has 0 fully saturated rings. The van der Waals surface area contributed by atoms with Crippen molar-refractivity contribution in [2.75, 3.05) is 5.73 Å². The first-order valence-electron chi connectivity index (χ1n) is 4.09. The minimum Gasteiger partial charge on any atom is -0.459 e. The van der Waals surface area contributed by atoms with Crippen LogP contribution in [0, 0.1) is 0 Å². The predicted octanol–water partition coefficient (Wildman–Crippen LogP) is 2.55. The minimum atomic E-state index is 0.574. The number of aromatic nitrogens is 1. The van der Waals surface area contributed by atoms with E-state index in [9.17, 15) is 0 Å². The fourth-order valence-electron chi connectivity index (χ4n) is 1.11. The minimum absolute atomic E-state index is 0.574. The molecule has 3 nitrogen and oxygen atoms in total. The number of furan rings is 1. The van der Waals surface area contributed by atoms with E-state index in [1.54, 1.807) is 0 Å². The molecule has 0 aliphatic carbocycles. The Labute approximate surface area is 80.2 Å². The summed E-state index contributed by atoms with van der Waals surface area (Å²) < 4.78 is 5.52. The molecule has 0 bridgehead atoms. The van der Waals surface area contributed by atoms with Crippen molar-refractivity contribution < 1.29 is 4.42 Å². The molecule has 0 spiro atoms. The Morgan fingerprint density at radius 3 is 2.92 bits per heavy atom. The number of hydrogen-bond donors (Lipinski definition) is 1. The second kappa shape index (κ2) is 3.22. The number of nitrogens with two attached hydrogens (primary N) is 1. The molecule has 2 N–H and O–H groups in total. The van der Waals surface area contributed by atoms with Crippen LogP contribution < -0.4 is 5.73 Å². The molecule has 13 heavy (non-hydrogen) atoms. The van der Waals surface area contributed by atoms with Crippen LogP contribution in [0.2, 0.25) is 0 Å². The standard InChI is InChI=1S/C9H10N2OS/c1-2-6-3-4-8(12-6)7-5-13-9(10)11-7/h3-5H,2H2,1H3,(H2,10,11). The largest absolute Gasteiger partial charge is 0.459 e. The van der Waals surface area contributed by atoms with E-state index in [0.717, 1.165) is 23.6 Å². The summed E-state index contributed by atoms with van der Waals surface area (Å²) in [7, 11) is 0. The third-order valence-corrected chi connectivity index (χ3v) is 2.46. The van der Waals surface area contributed by atoms with Crippen LogP contribution in [0.15, 0.2) is 21.9 Å². The zero-order valence-electron chi connectivity index (χ0n) is 7.28. The summed E-state index contributed by atoms with van der Waals surface area (Å²) in [6, 6.07) is 3.89. The molecule has 2 heterocycles. The lowest BCUT2D eigenvalue weighted by Gasteiger charge is -1.89. The van der Waals surface area contributed by atoms with E-state index < -0.39 is 0 Å². The zero-order valence-corrected chi connectivity index (χ0v) is 8.10. The van der Waals surface area contributed by atoms with Gasteiger partial charge < -0.3 is 10.2 Å². The molecule has 2 rings (SSSR count). The maximum Gasteiger partial charge on any atom is 0.180 e. The summed E-state index contributed by atoms with van der Waals surface area (Å²) in [5.74, 6) is 1.77. The molecule has 0 saturated carbocycles. The lowest BCUT2D eigenvalue weighted by atomic mass is 10.3. The van der Waals surface area contributed by atoms with Gasteiger partial charge in [0.15, 0.2) is 10.9 Å². The number of thiazole rings is 1. The van der Waals surface area contributed by atoms with Crippen LogP contribution in [-0.2, 0) is 6.42 Å². The lowest BCUT2D eigenvalue weighted by molar-refractivity contribution is 0.528. The van der Waals surface area contributed by atoms with Crippen LogP contribution in [0.4, 0.5) is 5.13 Å². The van der Waals surface area contributed by atoms with E-state index in [1.165, 1.54) is 11.3 Å². The Bertz CT molecular complexity index is 405. The maximum atomic E-state index is 5.52. The van der Waals surface area contributed by atoms with Crippen molar-refractivity contribution in [1.29, 1.82) is 0 Å². The molecule has 2 aromatic heterocycles. The number of anilines is 1. The van der Waals surface area contributed by atoms with Gasteiger partial charge in [-0.15, -0.1) is 11.3 Å². The van der Waals surface area contributed by atoms with Crippen molar-refractivity contribution >= 4 is 16.5 Å². The number of nitrogens with zero attached hydrogens (tertiary/aromatic N) is 1. The Morgan fingerprint density at radius 2 is 2.38 bits per heavy atom. The van der Waals surface area contributed by atoms with E-state index in [-0.39, 0.29) is 0 Å². The lowest BCUT2D eigenvalue weighted by Crippen LogP contribution is -1.81. The monoisotopic (exact) mass is 194 g/mol. The fraction of sp³-hybridized carbons (Fsp3) is 0.222. The van der Waals surface area contributed by atoms with E-state index in [2.05, 4.69) is 11.9 Å². The molecule has 0 atom stereocenters. The first kappa shape index (κ1) is 8.31. The smallest absolute Gasteiger partial charge is 0.180 e. The Morgan fingerprint density at radius 1 is 1.54 bits per heavy atom. The number of nitrogen functional groups attached to an aromatic ring is 1. The molecule has 68 valence electrons. The van der Waals surface area contributed by atoms with Gasteiger partial charge in [0.05, 0.1) is 0 Å². The first-order chi connectivity index (χ1) is 6.29. The van der Waals surface area contributed by atoms with Crippen LogP contribution >= 0.6 is 11.3 Å². The first-order valence-corrected chi connectivity index (χ1v) is 4.97. The number of hydrogen-bond acceptors (Lipinski definition) is 4. The number of aryl methyl sites for hydroxylation is 1. The highest BCUT2D eigenvalue weighted by atomic mass is 32.1. The van der Waals surface area contributed by atoms with Gasteiger partial charge >= 0.3 is 0 Å². The summed E-state index contributed by atoms with van der Waals surface area (Å²) in [5, 5.41) is 2.47. The van der Waals surface area contributed by atoms with Gasteiger partial charge in [-0.05, 0) is 12.1 Å². The molecule has 0 radical (unpaired) electrons. The van der Waals surface area contributed by atoms with Gasteiger partial charge in [0, 0.05) is 11.8 Å². The molecule has 0 aliphatic rings. The average molecular weight is 194 g/mol. The summed E-state index contributed by atoms with van der Waals surface area (Å²) in [6.07, 6.45) is 0.902. The molecule has 0 saturated heterocycles. The highest BCUT2D eigenvalue weighted by Gasteiger charge is 2.06. The van der Waals surface area contributed by atoms with Crippen LogP contribution in [0.3, 0.4) is 0 Å². The van der Waals surface area contributed by atoms with Gasteiger partial charge in [0.1, 0.15) is 11.5 Å². The average Bonchev–Trinajstić information content (AvgIpc) is 2.71. The van der Waals surface area contributed by atoms with Crippen LogP contribution in [0.25, 0.3) is 11.5 Å². The maximum absolute atomic E-state index is 5.52. The second-order valence-electron chi connectivity index (χ2n) is 2.69. The molecule has 0 amide bonds. The van der Waals surface area contributed by atoms with Crippen molar-refractivity contribution in [3.05, 3.63) is 23.3 Å². The summed E-state index contributed by atoms with van der Waals surface area (Å²) in [6.45, 7) is 2.05. The van der Waals surface area contributed by atoms with E-state index in [1.807, 2.05) is 17.5 Å². The second-order valence-corrected chi connectivity index (χ2v) is 3.58. The van der Waals surface area contributed by atoms with Gasteiger partial charge in [-0.3, -0.25) is 0 Å². The summed E-state index contributed by atoms with van der Waals surface area (Å²) >= 11 is 1.42. The van der Waals surface area contributed by atoms with Crippen molar-refractivity contribution in [2.45, 2.75) is 13.3 Å². The van der Waals surface area contributed by atoms with E-state index >= 15 is 0 Å². The fourth-order valence-corrected chi connectivity index (χ4v) is 1.66. The molecule has 0 unspecified atom stereocenters. The van der Waals surface area contributed by atoms with Crippen molar-refractivity contribution in [3.63, 3.8) is 0 Å². The Balaban J connectivity index is 2.35. The molecule has 0 aromatic carbocycles. The third kappa shape index (κ3) is 1.58. The molecule has 0 aliphatic heterocycles. The van der Waals surface area contributed by atoms with Gasteiger partial charge in [-0.25, -0.2) is 4.98 Å². The normalized spacial score (nSPS) is 10.5. The quantitative estimate of drug-likeness (QED) is 0.799. The summed E-state index contributed by atoms with van der Waals surface area (Å²) in [4.78, 5) is 4.13. The molecule has 4 heteroatoms. The van der Waals surface area contributed by atoms with Crippen molar-refractivity contribution in [2.24, 2.45) is 0 Å². The highest BCUT2D eigenvalue weighted by molar-refractivity contribution is 7.13. The zero-order chi connectivity index (χ0) is 9.26. The Kier molecular flexibility index (Phi) is 2.06. The van der Waals surface area contributed by atoms with Crippen molar-refractivity contribution in [3.8, 4) is 11.5 Å². The van der Waals surface area contributed by atoms with Gasteiger partial charge in [-0.2, -0.15) is 0 Å². The van der Waals surface area contributed by atoms with Crippen LogP contribution in [-0.4, -0.2) is 4.98 Å². The van der Waals surface area contributed by atoms with Gasteiger partial charge in [0.25, 0.3) is 0 Å². The third-order valence-electron chi connectivity index (χ3n) is 1.78. The van der Waals surface area contributed by atoms with Gasteiger partial charge in [0.2, 0.25) is 0 Å². The molecular formula is C9H10N2OS. The van der Waals surface area contributed by atoms with Crippen LogP contribution in [0.1, 0.15) is 12.7 Å². The molecule has 2 aromatic rings. The Hall–Kier alpha value is -1.29. The number of rotatable bonds is 2. The van der Waals surface area contributed by atoms with Crippen LogP contribution in [0.5, 0.6) is 0 Å². The van der Waals surface area contributed by atoms with E-state index in [0.29, 0.717) is 5.13 Å². The summed E-state index contributed by atoms with van der Waals surface area (Å²) in [5.41, 5.74) is 6.34. The SMILES string of the molecule is CCc1ccc(-c2csc(N)n2)o1. The van der Waals surface area contributed by atoms with Crippen molar-refractivity contribution in [1.82, 2.24) is 4.98 Å². The van der Waals surface area contributed by atoms with Gasteiger partial charge in [-0.1, -0.05) is 6.92 Å². The predicted molar refractivity (Wildman–Crippen MR) is 53.6 cm³/mol. The van der Waals surface area contributed by atoms with E-state index in [4.69, 9.17) is 10.2 Å². The molecular weight excluding hydrogens is 184 g/mol.